The van der Waals surface area contributed by atoms with Crippen LogP contribution in [0.15, 0.2) is 73.3 Å². The van der Waals surface area contributed by atoms with Crippen molar-refractivity contribution >= 4 is 22.5 Å². The first-order valence-corrected chi connectivity index (χ1v) is 13.2. The molecule has 0 aliphatic heterocycles. The van der Waals surface area contributed by atoms with Gasteiger partial charge in [-0.05, 0) is 49.7 Å². The molecule has 0 saturated carbocycles. The number of aromatic nitrogens is 6. The van der Waals surface area contributed by atoms with Gasteiger partial charge in [-0.1, -0.05) is 12.1 Å². The number of fused-ring (bicyclic) bond motifs is 1. The van der Waals surface area contributed by atoms with E-state index in [0.29, 0.717) is 46.0 Å². The van der Waals surface area contributed by atoms with Gasteiger partial charge >= 0.3 is 6.01 Å². The molecule has 0 radical (unpaired) electrons. The molecule has 0 aliphatic rings. The van der Waals surface area contributed by atoms with Crippen LogP contribution in [0.4, 0.5) is 20.3 Å². The summed E-state index contributed by atoms with van der Waals surface area (Å²) in [4.78, 5) is 21.5. The molecule has 4 heterocycles. The highest BCUT2D eigenvalue weighted by Crippen LogP contribution is 2.39. The number of methoxy groups -OCH3 is 1. The van der Waals surface area contributed by atoms with Gasteiger partial charge in [-0.15, -0.1) is 0 Å². The number of anilines is 2. The predicted molar refractivity (Wildman–Crippen MR) is 158 cm³/mol. The SMILES string of the molecule is COc1ccc(CNc2ncnc3c(C)c(-c4ncc(N)cc4F)n(-c4ccc(Oc5nccc(C)n5)c(F)c4)c23)cc1. The zero-order valence-electron chi connectivity index (χ0n) is 23.5. The fourth-order valence-electron chi connectivity index (χ4n) is 4.77. The van der Waals surface area contributed by atoms with E-state index in [1.165, 1.54) is 36.9 Å². The molecule has 216 valence electrons. The molecule has 4 aromatic heterocycles. The molecule has 0 spiro atoms. The maximum absolute atomic E-state index is 15.6. The molecule has 12 heteroatoms. The number of rotatable bonds is 8. The second-order valence-electron chi connectivity index (χ2n) is 9.73. The Kier molecular flexibility index (Phi) is 7.24. The average Bonchev–Trinajstić information content (AvgIpc) is 3.30. The summed E-state index contributed by atoms with van der Waals surface area (Å²) in [5.41, 5.74) is 10.0. The first-order valence-electron chi connectivity index (χ1n) is 13.2. The molecule has 2 aromatic carbocycles. The summed E-state index contributed by atoms with van der Waals surface area (Å²) in [6, 6.07) is 14.9. The highest BCUT2D eigenvalue weighted by molar-refractivity contribution is 5.96. The lowest BCUT2D eigenvalue weighted by molar-refractivity contribution is 0.410. The number of ether oxygens (including phenoxy) is 2. The van der Waals surface area contributed by atoms with Crippen molar-refractivity contribution < 1.29 is 18.3 Å². The lowest BCUT2D eigenvalue weighted by Crippen LogP contribution is -2.07. The van der Waals surface area contributed by atoms with Gasteiger partial charge in [0.15, 0.2) is 23.2 Å². The predicted octanol–water partition coefficient (Wildman–Crippen LogP) is 6.16. The van der Waals surface area contributed by atoms with Crippen molar-refractivity contribution in [2.75, 3.05) is 18.2 Å². The maximum Gasteiger partial charge on any atom is 0.322 e. The van der Waals surface area contributed by atoms with Crippen LogP contribution in [0.2, 0.25) is 0 Å². The average molecular weight is 581 g/mol. The van der Waals surface area contributed by atoms with Gasteiger partial charge in [-0.3, -0.25) is 0 Å². The number of nitrogen functional groups attached to an aromatic ring is 1. The highest BCUT2D eigenvalue weighted by Gasteiger charge is 2.25. The summed E-state index contributed by atoms with van der Waals surface area (Å²) in [6.45, 7) is 4.00. The Bertz CT molecular complexity index is 1960. The minimum absolute atomic E-state index is 0.0150. The van der Waals surface area contributed by atoms with Gasteiger partial charge in [0.2, 0.25) is 0 Å². The van der Waals surface area contributed by atoms with Gasteiger partial charge in [-0.25, -0.2) is 33.7 Å². The minimum Gasteiger partial charge on any atom is -0.497 e. The summed E-state index contributed by atoms with van der Waals surface area (Å²) >= 11 is 0. The normalized spacial score (nSPS) is 11.1. The number of hydrogen-bond donors (Lipinski definition) is 2. The third-order valence-corrected chi connectivity index (χ3v) is 6.83. The van der Waals surface area contributed by atoms with Gasteiger partial charge < -0.3 is 25.1 Å². The first-order chi connectivity index (χ1) is 20.8. The van der Waals surface area contributed by atoms with Crippen LogP contribution in [0.5, 0.6) is 17.5 Å². The Labute approximate surface area is 245 Å². The van der Waals surface area contributed by atoms with E-state index in [-0.39, 0.29) is 23.1 Å². The van der Waals surface area contributed by atoms with Crippen molar-refractivity contribution in [1.29, 1.82) is 0 Å². The minimum atomic E-state index is -0.677. The molecule has 0 unspecified atom stereocenters. The second kappa shape index (κ2) is 11.3. The summed E-state index contributed by atoms with van der Waals surface area (Å²) in [6.07, 6.45) is 4.32. The Hall–Kier alpha value is -5.65. The van der Waals surface area contributed by atoms with Crippen LogP contribution in [0.1, 0.15) is 16.8 Å². The van der Waals surface area contributed by atoms with Crippen LogP contribution in [0, 0.1) is 25.5 Å². The quantitative estimate of drug-likeness (QED) is 0.218. The van der Waals surface area contributed by atoms with Crippen LogP contribution in [-0.4, -0.2) is 36.6 Å². The molecule has 0 amide bonds. The van der Waals surface area contributed by atoms with Crippen LogP contribution in [0.3, 0.4) is 0 Å². The molecule has 0 fully saturated rings. The Morgan fingerprint density at radius 1 is 0.930 bits per heavy atom. The van der Waals surface area contributed by atoms with Crippen LogP contribution in [0.25, 0.3) is 28.1 Å². The third-order valence-electron chi connectivity index (χ3n) is 6.83. The largest absolute Gasteiger partial charge is 0.497 e. The third kappa shape index (κ3) is 5.37. The summed E-state index contributed by atoms with van der Waals surface area (Å²) in [5, 5.41) is 3.35. The van der Waals surface area contributed by atoms with Crippen LogP contribution < -0.4 is 20.5 Å². The molecule has 0 aliphatic carbocycles. The van der Waals surface area contributed by atoms with Crippen molar-refractivity contribution in [3.05, 3.63) is 102 Å². The molecule has 43 heavy (non-hydrogen) atoms. The summed E-state index contributed by atoms with van der Waals surface area (Å²) in [5.74, 6) is -0.188. The van der Waals surface area contributed by atoms with Gasteiger partial charge in [0.05, 0.1) is 30.2 Å². The molecule has 0 saturated heterocycles. The smallest absolute Gasteiger partial charge is 0.322 e. The fraction of sp³-hybridized carbons (Fsp3) is 0.129. The zero-order chi connectivity index (χ0) is 30.1. The topological polar surface area (TPSA) is 126 Å². The molecule has 0 atom stereocenters. The van der Waals surface area contributed by atoms with Gasteiger partial charge in [0.25, 0.3) is 0 Å². The molecule has 6 aromatic rings. The van der Waals surface area contributed by atoms with E-state index >= 15 is 8.78 Å². The maximum atomic E-state index is 15.6. The highest BCUT2D eigenvalue weighted by atomic mass is 19.1. The van der Waals surface area contributed by atoms with Gasteiger partial charge in [0, 0.05) is 41.8 Å². The molecule has 6 rings (SSSR count). The van der Waals surface area contributed by atoms with Crippen molar-refractivity contribution in [1.82, 2.24) is 29.5 Å². The number of benzene rings is 2. The van der Waals surface area contributed by atoms with E-state index in [0.717, 1.165) is 11.3 Å². The number of halogens is 2. The van der Waals surface area contributed by atoms with E-state index < -0.39 is 11.6 Å². The first kappa shape index (κ1) is 27.5. The molecule has 0 bridgehead atoms. The molecule has 10 nitrogen and oxygen atoms in total. The lowest BCUT2D eigenvalue weighted by atomic mass is 10.1. The number of pyridine rings is 1. The zero-order valence-corrected chi connectivity index (χ0v) is 23.5. The Morgan fingerprint density at radius 3 is 2.47 bits per heavy atom. The molecule has 3 N–H and O–H groups in total. The number of nitrogens with two attached hydrogens (primary N) is 1. The van der Waals surface area contributed by atoms with E-state index in [1.54, 1.807) is 37.7 Å². The van der Waals surface area contributed by atoms with Crippen LogP contribution >= 0.6 is 0 Å². The number of nitrogens with one attached hydrogen (secondary N) is 1. The standard InChI is InChI=1S/C31H26F2N8O2/c1-17-10-11-35-31(40-17)43-25-9-6-21(13-23(25)32)41-28(27-24(33)12-20(34)15-36-27)18(2)26-29(41)30(39-16-38-26)37-14-19-4-7-22(42-3)8-5-19/h4-13,15-16H,14,34H2,1-3H3,(H,37,38,39). The molecular weight excluding hydrogens is 554 g/mol. The van der Waals surface area contributed by atoms with Crippen molar-refractivity contribution in [3.8, 4) is 34.6 Å². The van der Waals surface area contributed by atoms with E-state index in [4.69, 9.17) is 15.2 Å². The molecular formula is C31H26F2N8O2. The number of nitrogens with zero attached hydrogens (tertiary/aromatic N) is 6. The van der Waals surface area contributed by atoms with Crippen molar-refractivity contribution in [2.24, 2.45) is 0 Å². The van der Waals surface area contributed by atoms with Crippen molar-refractivity contribution in [3.63, 3.8) is 0 Å². The monoisotopic (exact) mass is 580 g/mol. The lowest BCUT2D eigenvalue weighted by Gasteiger charge is -2.15. The summed E-state index contributed by atoms with van der Waals surface area (Å²) < 4.78 is 43.5. The van der Waals surface area contributed by atoms with Crippen molar-refractivity contribution in [2.45, 2.75) is 20.4 Å². The second-order valence-corrected chi connectivity index (χ2v) is 9.73. The van der Waals surface area contributed by atoms with E-state index in [2.05, 4.69) is 30.2 Å². The summed E-state index contributed by atoms with van der Waals surface area (Å²) in [7, 11) is 1.61. The van der Waals surface area contributed by atoms with E-state index in [1.807, 2.05) is 24.3 Å². The fourth-order valence-corrected chi connectivity index (χ4v) is 4.77. The van der Waals surface area contributed by atoms with Gasteiger partial charge in [-0.2, -0.15) is 0 Å². The van der Waals surface area contributed by atoms with Crippen LogP contribution in [-0.2, 0) is 6.54 Å². The van der Waals surface area contributed by atoms with Gasteiger partial charge in [0.1, 0.15) is 23.3 Å². The Balaban J connectivity index is 1.50. The Morgan fingerprint density at radius 2 is 1.74 bits per heavy atom. The van der Waals surface area contributed by atoms with E-state index in [9.17, 15) is 0 Å². The number of aryl methyl sites for hydroxylation is 2. The number of hydrogen-bond acceptors (Lipinski definition) is 9.